The van der Waals surface area contributed by atoms with Crippen LogP contribution in [0.3, 0.4) is 0 Å². The molecule has 0 bridgehead atoms. The van der Waals surface area contributed by atoms with Crippen LogP contribution in [0.5, 0.6) is 0 Å². The standard InChI is InChI=1S/C15H23ClN2O/c1-4-10-17-15(19)11(3)18-14(5-2)12-6-8-13(16)9-7-12/h6-9,11,14,18H,4-5,10H2,1-3H3,(H,17,19). The number of halogens is 1. The third-order valence-corrected chi connectivity index (χ3v) is 3.33. The van der Waals surface area contributed by atoms with Gasteiger partial charge in [0.2, 0.25) is 5.91 Å². The molecule has 0 fully saturated rings. The number of hydrogen-bond acceptors (Lipinski definition) is 2. The first-order valence-electron chi connectivity index (χ1n) is 6.87. The second-order valence-corrected chi connectivity index (χ2v) is 5.13. The first-order valence-corrected chi connectivity index (χ1v) is 7.25. The quantitative estimate of drug-likeness (QED) is 0.806. The summed E-state index contributed by atoms with van der Waals surface area (Å²) in [7, 11) is 0. The fourth-order valence-electron chi connectivity index (χ4n) is 1.92. The van der Waals surface area contributed by atoms with Crippen LogP contribution in [0, 0.1) is 0 Å². The maximum Gasteiger partial charge on any atom is 0.236 e. The summed E-state index contributed by atoms with van der Waals surface area (Å²) in [5, 5.41) is 6.98. The van der Waals surface area contributed by atoms with E-state index in [1.165, 1.54) is 0 Å². The minimum atomic E-state index is -0.202. The normalized spacial score (nSPS) is 13.9. The third kappa shape index (κ3) is 5.21. The Bertz CT molecular complexity index is 392. The average molecular weight is 283 g/mol. The Hall–Kier alpha value is -1.06. The first kappa shape index (κ1) is 16.0. The Labute approximate surface area is 120 Å². The smallest absolute Gasteiger partial charge is 0.236 e. The monoisotopic (exact) mass is 282 g/mol. The van der Waals surface area contributed by atoms with Crippen LogP contribution in [0.25, 0.3) is 0 Å². The topological polar surface area (TPSA) is 41.1 Å². The van der Waals surface area contributed by atoms with Gasteiger partial charge in [0, 0.05) is 17.6 Å². The lowest BCUT2D eigenvalue weighted by molar-refractivity contribution is -0.122. The fourth-order valence-corrected chi connectivity index (χ4v) is 2.05. The molecule has 2 unspecified atom stereocenters. The highest BCUT2D eigenvalue weighted by atomic mass is 35.5. The van der Waals surface area contributed by atoms with E-state index in [-0.39, 0.29) is 18.0 Å². The van der Waals surface area contributed by atoms with Crippen LogP contribution in [0.1, 0.15) is 45.2 Å². The number of benzene rings is 1. The molecular formula is C15H23ClN2O. The molecule has 1 aromatic carbocycles. The van der Waals surface area contributed by atoms with Gasteiger partial charge >= 0.3 is 0 Å². The number of carbonyl (C=O) groups is 1. The van der Waals surface area contributed by atoms with E-state index in [9.17, 15) is 4.79 Å². The molecule has 0 aliphatic heterocycles. The lowest BCUT2D eigenvalue weighted by Crippen LogP contribution is -2.43. The van der Waals surface area contributed by atoms with E-state index in [4.69, 9.17) is 11.6 Å². The molecule has 1 amide bonds. The summed E-state index contributed by atoms with van der Waals surface area (Å²) in [5.74, 6) is 0.0502. The molecule has 4 heteroatoms. The SMILES string of the molecule is CCCNC(=O)C(C)NC(CC)c1ccc(Cl)cc1. The zero-order chi connectivity index (χ0) is 14.3. The van der Waals surface area contributed by atoms with Crippen molar-refractivity contribution in [2.24, 2.45) is 0 Å². The molecule has 0 aromatic heterocycles. The van der Waals surface area contributed by atoms with Gasteiger partial charge in [-0.15, -0.1) is 0 Å². The first-order chi connectivity index (χ1) is 9.08. The maximum absolute atomic E-state index is 11.8. The highest BCUT2D eigenvalue weighted by Crippen LogP contribution is 2.19. The van der Waals surface area contributed by atoms with Crippen LogP contribution < -0.4 is 10.6 Å². The summed E-state index contributed by atoms with van der Waals surface area (Å²) in [4.78, 5) is 11.8. The number of rotatable bonds is 7. The molecule has 1 aromatic rings. The predicted octanol–water partition coefficient (Wildman–Crippen LogP) is 3.30. The Morgan fingerprint density at radius 3 is 2.42 bits per heavy atom. The van der Waals surface area contributed by atoms with Crippen molar-refractivity contribution in [2.75, 3.05) is 6.54 Å². The third-order valence-electron chi connectivity index (χ3n) is 3.07. The van der Waals surface area contributed by atoms with Gasteiger partial charge in [-0.25, -0.2) is 0 Å². The van der Waals surface area contributed by atoms with Crippen molar-refractivity contribution in [3.05, 3.63) is 34.9 Å². The lowest BCUT2D eigenvalue weighted by atomic mass is 10.0. The van der Waals surface area contributed by atoms with Crippen molar-refractivity contribution in [2.45, 2.75) is 45.7 Å². The van der Waals surface area contributed by atoms with Crippen molar-refractivity contribution >= 4 is 17.5 Å². The van der Waals surface area contributed by atoms with Crippen molar-refractivity contribution < 1.29 is 4.79 Å². The molecule has 0 aliphatic carbocycles. The van der Waals surface area contributed by atoms with Gasteiger partial charge < -0.3 is 5.32 Å². The lowest BCUT2D eigenvalue weighted by Gasteiger charge is -2.22. The molecule has 106 valence electrons. The molecule has 0 saturated heterocycles. The van der Waals surface area contributed by atoms with Gasteiger partial charge in [0.1, 0.15) is 0 Å². The Balaban J connectivity index is 2.61. The minimum absolute atomic E-state index is 0.0502. The zero-order valence-corrected chi connectivity index (χ0v) is 12.6. The summed E-state index contributed by atoms with van der Waals surface area (Å²) in [5.41, 5.74) is 1.15. The molecule has 1 rings (SSSR count). The molecule has 0 spiro atoms. The van der Waals surface area contributed by atoms with E-state index in [2.05, 4.69) is 17.6 Å². The Morgan fingerprint density at radius 1 is 1.26 bits per heavy atom. The second-order valence-electron chi connectivity index (χ2n) is 4.69. The van der Waals surface area contributed by atoms with E-state index in [1.54, 1.807) is 0 Å². The number of carbonyl (C=O) groups excluding carboxylic acids is 1. The average Bonchev–Trinajstić information content (AvgIpc) is 2.42. The molecule has 0 radical (unpaired) electrons. The van der Waals surface area contributed by atoms with E-state index in [1.807, 2.05) is 38.1 Å². The summed E-state index contributed by atoms with van der Waals surface area (Å²) < 4.78 is 0. The molecule has 2 N–H and O–H groups in total. The summed E-state index contributed by atoms with van der Waals surface area (Å²) >= 11 is 5.89. The van der Waals surface area contributed by atoms with Crippen LogP contribution in [-0.4, -0.2) is 18.5 Å². The molecule has 0 heterocycles. The van der Waals surface area contributed by atoms with Crippen LogP contribution in [-0.2, 0) is 4.79 Å². The number of hydrogen-bond donors (Lipinski definition) is 2. The zero-order valence-electron chi connectivity index (χ0n) is 11.9. The van der Waals surface area contributed by atoms with Crippen LogP contribution in [0.4, 0.5) is 0 Å². The van der Waals surface area contributed by atoms with Gasteiger partial charge in [0.15, 0.2) is 0 Å². The van der Waals surface area contributed by atoms with Gasteiger partial charge in [-0.3, -0.25) is 10.1 Å². The van der Waals surface area contributed by atoms with E-state index in [0.717, 1.165) is 30.0 Å². The largest absolute Gasteiger partial charge is 0.355 e. The molecule has 3 nitrogen and oxygen atoms in total. The van der Waals surface area contributed by atoms with Crippen molar-refractivity contribution in [1.29, 1.82) is 0 Å². The molecule has 2 atom stereocenters. The van der Waals surface area contributed by atoms with Crippen molar-refractivity contribution in [3.8, 4) is 0 Å². The van der Waals surface area contributed by atoms with E-state index >= 15 is 0 Å². The van der Waals surface area contributed by atoms with Gasteiger partial charge in [0.05, 0.1) is 6.04 Å². The number of nitrogens with one attached hydrogen (secondary N) is 2. The predicted molar refractivity (Wildman–Crippen MR) is 80.4 cm³/mol. The molecule has 0 aliphatic rings. The van der Waals surface area contributed by atoms with Gasteiger partial charge in [-0.2, -0.15) is 0 Å². The van der Waals surface area contributed by atoms with Crippen LogP contribution in [0.15, 0.2) is 24.3 Å². The Kier molecular flexibility index (Phi) is 6.89. The van der Waals surface area contributed by atoms with E-state index in [0.29, 0.717) is 0 Å². The highest BCUT2D eigenvalue weighted by Gasteiger charge is 2.17. The van der Waals surface area contributed by atoms with Gasteiger partial charge in [-0.05, 0) is 37.5 Å². The van der Waals surface area contributed by atoms with Gasteiger partial charge in [-0.1, -0.05) is 37.6 Å². The summed E-state index contributed by atoms with van der Waals surface area (Å²) in [6, 6.07) is 7.72. The number of amides is 1. The second kappa shape index (κ2) is 8.18. The minimum Gasteiger partial charge on any atom is -0.355 e. The van der Waals surface area contributed by atoms with Crippen molar-refractivity contribution in [1.82, 2.24) is 10.6 Å². The van der Waals surface area contributed by atoms with Crippen LogP contribution in [0.2, 0.25) is 5.02 Å². The maximum atomic E-state index is 11.8. The van der Waals surface area contributed by atoms with Crippen molar-refractivity contribution in [3.63, 3.8) is 0 Å². The molecule has 19 heavy (non-hydrogen) atoms. The molecule has 0 saturated carbocycles. The van der Waals surface area contributed by atoms with E-state index < -0.39 is 0 Å². The van der Waals surface area contributed by atoms with Crippen LogP contribution >= 0.6 is 11.6 Å². The summed E-state index contributed by atoms with van der Waals surface area (Å²) in [6.45, 7) is 6.76. The Morgan fingerprint density at radius 2 is 1.89 bits per heavy atom. The fraction of sp³-hybridized carbons (Fsp3) is 0.533. The molecular weight excluding hydrogens is 260 g/mol. The summed E-state index contributed by atoms with van der Waals surface area (Å²) in [6.07, 6.45) is 1.87. The highest BCUT2D eigenvalue weighted by molar-refractivity contribution is 6.30. The van der Waals surface area contributed by atoms with Gasteiger partial charge in [0.25, 0.3) is 0 Å².